The Morgan fingerprint density at radius 1 is 1.25 bits per heavy atom. The Balaban J connectivity index is 1.91. The lowest BCUT2D eigenvalue weighted by molar-refractivity contribution is -0.186. The molecule has 1 aliphatic heterocycles. The van der Waals surface area contributed by atoms with Crippen LogP contribution in [-0.4, -0.2) is 49.3 Å². The second-order valence-electron chi connectivity index (χ2n) is 5.59. The number of morpholine rings is 1. The standard InChI is InChI=1S/C13H21F3N2O2/c14-13(15,16)10-3-1-9(2-4-10)12(19)18-5-6-20-8-11(18)7-17/h9-11H,1-8,17H2. The molecular formula is C13H21F3N2O2. The maximum absolute atomic E-state index is 12.6. The van der Waals surface area contributed by atoms with Crippen LogP contribution in [0.1, 0.15) is 25.7 Å². The van der Waals surface area contributed by atoms with Gasteiger partial charge in [0.2, 0.25) is 5.91 Å². The molecule has 20 heavy (non-hydrogen) atoms. The Hall–Kier alpha value is -0.820. The zero-order valence-electron chi connectivity index (χ0n) is 11.4. The fraction of sp³-hybridized carbons (Fsp3) is 0.923. The van der Waals surface area contributed by atoms with Gasteiger partial charge in [0, 0.05) is 19.0 Å². The summed E-state index contributed by atoms with van der Waals surface area (Å²) in [6.07, 6.45) is -3.39. The average molecular weight is 294 g/mol. The van der Waals surface area contributed by atoms with Gasteiger partial charge in [0.25, 0.3) is 0 Å². The van der Waals surface area contributed by atoms with Crippen molar-refractivity contribution >= 4 is 5.91 Å². The molecule has 0 aromatic rings. The second kappa shape index (κ2) is 6.30. The lowest BCUT2D eigenvalue weighted by atomic mass is 9.81. The van der Waals surface area contributed by atoms with Gasteiger partial charge in [-0.05, 0) is 25.7 Å². The molecule has 2 N–H and O–H groups in total. The molecule has 4 nitrogen and oxygen atoms in total. The van der Waals surface area contributed by atoms with Crippen LogP contribution in [0.5, 0.6) is 0 Å². The third-order valence-corrected chi connectivity index (χ3v) is 4.32. The first kappa shape index (κ1) is 15.6. The Morgan fingerprint density at radius 3 is 2.45 bits per heavy atom. The minimum atomic E-state index is -4.13. The first-order valence-corrected chi connectivity index (χ1v) is 7.08. The number of halogens is 3. The summed E-state index contributed by atoms with van der Waals surface area (Å²) >= 11 is 0. The van der Waals surface area contributed by atoms with Crippen LogP contribution in [0.3, 0.4) is 0 Å². The second-order valence-corrected chi connectivity index (χ2v) is 5.59. The molecule has 1 saturated carbocycles. The maximum atomic E-state index is 12.6. The molecule has 0 spiro atoms. The van der Waals surface area contributed by atoms with E-state index < -0.39 is 12.1 Å². The number of ether oxygens (including phenoxy) is 1. The molecular weight excluding hydrogens is 273 g/mol. The van der Waals surface area contributed by atoms with Crippen molar-refractivity contribution in [1.29, 1.82) is 0 Å². The number of hydrogen-bond donors (Lipinski definition) is 1. The maximum Gasteiger partial charge on any atom is 0.391 e. The fourth-order valence-electron chi connectivity index (χ4n) is 3.04. The summed E-state index contributed by atoms with van der Waals surface area (Å²) in [4.78, 5) is 14.1. The summed E-state index contributed by atoms with van der Waals surface area (Å²) in [6.45, 7) is 1.70. The van der Waals surface area contributed by atoms with E-state index in [2.05, 4.69) is 0 Å². The molecule has 2 fully saturated rings. The zero-order valence-corrected chi connectivity index (χ0v) is 11.4. The van der Waals surface area contributed by atoms with E-state index in [1.54, 1.807) is 4.90 Å². The Morgan fingerprint density at radius 2 is 1.90 bits per heavy atom. The molecule has 116 valence electrons. The van der Waals surface area contributed by atoms with Gasteiger partial charge in [0.05, 0.1) is 25.2 Å². The van der Waals surface area contributed by atoms with Gasteiger partial charge in [-0.15, -0.1) is 0 Å². The Kier molecular flexibility index (Phi) is 4.90. The highest BCUT2D eigenvalue weighted by atomic mass is 19.4. The number of carbonyl (C=O) groups excluding carboxylic acids is 1. The molecule has 0 aromatic heterocycles. The SMILES string of the molecule is NCC1COCCN1C(=O)C1CCC(C(F)(F)F)CC1. The van der Waals surface area contributed by atoms with Crippen molar-refractivity contribution in [3.63, 3.8) is 0 Å². The quantitative estimate of drug-likeness (QED) is 0.840. The van der Waals surface area contributed by atoms with E-state index in [1.807, 2.05) is 0 Å². The Labute approximate surface area is 116 Å². The third kappa shape index (κ3) is 3.44. The third-order valence-electron chi connectivity index (χ3n) is 4.32. The van der Waals surface area contributed by atoms with Crippen molar-refractivity contribution in [3.05, 3.63) is 0 Å². The normalized spacial score (nSPS) is 32.2. The van der Waals surface area contributed by atoms with Gasteiger partial charge in [-0.3, -0.25) is 4.79 Å². The van der Waals surface area contributed by atoms with Crippen LogP contribution in [-0.2, 0) is 9.53 Å². The number of carbonyl (C=O) groups is 1. The summed E-state index contributed by atoms with van der Waals surface area (Å²) in [6, 6.07) is -0.142. The molecule has 1 saturated heterocycles. The van der Waals surface area contributed by atoms with E-state index in [0.717, 1.165) is 0 Å². The van der Waals surface area contributed by atoms with Crippen LogP contribution >= 0.6 is 0 Å². The van der Waals surface area contributed by atoms with Gasteiger partial charge in [-0.1, -0.05) is 0 Å². The topological polar surface area (TPSA) is 55.6 Å². The van der Waals surface area contributed by atoms with E-state index >= 15 is 0 Å². The smallest absolute Gasteiger partial charge is 0.377 e. The highest BCUT2D eigenvalue weighted by molar-refractivity contribution is 5.79. The predicted octanol–water partition coefficient (Wildman–Crippen LogP) is 1.54. The monoisotopic (exact) mass is 294 g/mol. The highest BCUT2D eigenvalue weighted by Crippen LogP contribution is 2.40. The van der Waals surface area contributed by atoms with Crippen LogP contribution < -0.4 is 5.73 Å². The Bertz CT molecular complexity index is 341. The minimum absolute atomic E-state index is 0.0515. The molecule has 2 aliphatic rings. The number of nitrogens with two attached hydrogens (primary N) is 1. The van der Waals surface area contributed by atoms with Crippen molar-refractivity contribution in [2.45, 2.75) is 37.9 Å². The van der Waals surface area contributed by atoms with Crippen LogP contribution in [0, 0.1) is 11.8 Å². The van der Waals surface area contributed by atoms with Crippen molar-refractivity contribution in [2.24, 2.45) is 17.6 Å². The van der Waals surface area contributed by atoms with Crippen LogP contribution in [0.25, 0.3) is 0 Å². The molecule has 1 heterocycles. The van der Waals surface area contributed by atoms with Crippen LogP contribution in [0.2, 0.25) is 0 Å². The molecule has 2 rings (SSSR count). The summed E-state index contributed by atoms with van der Waals surface area (Å²) in [5, 5.41) is 0. The van der Waals surface area contributed by atoms with Gasteiger partial charge in [-0.2, -0.15) is 13.2 Å². The molecule has 0 radical (unpaired) electrons. The summed E-state index contributed by atoms with van der Waals surface area (Å²) < 4.78 is 43.1. The number of nitrogens with zero attached hydrogens (tertiary/aromatic N) is 1. The van der Waals surface area contributed by atoms with Gasteiger partial charge in [0.15, 0.2) is 0 Å². The molecule has 0 bridgehead atoms. The van der Waals surface area contributed by atoms with Gasteiger partial charge in [0.1, 0.15) is 0 Å². The number of rotatable bonds is 2. The fourth-order valence-corrected chi connectivity index (χ4v) is 3.04. The molecule has 1 amide bonds. The molecule has 7 heteroatoms. The highest BCUT2D eigenvalue weighted by Gasteiger charge is 2.43. The zero-order chi connectivity index (χ0) is 14.8. The van der Waals surface area contributed by atoms with E-state index in [0.29, 0.717) is 39.1 Å². The van der Waals surface area contributed by atoms with Crippen molar-refractivity contribution < 1.29 is 22.7 Å². The number of amides is 1. The average Bonchev–Trinajstić information content (AvgIpc) is 2.45. The predicted molar refractivity (Wildman–Crippen MR) is 66.9 cm³/mol. The summed E-state index contributed by atoms with van der Waals surface area (Å²) in [5.41, 5.74) is 5.62. The van der Waals surface area contributed by atoms with E-state index in [1.165, 1.54) is 0 Å². The van der Waals surface area contributed by atoms with Crippen molar-refractivity contribution in [1.82, 2.24) is 4.90 Å². The van der Waals surface area contributed by atoms with E-state index in [9.17, 15) is 18.0 Å². The van der Waals surface area contributed by atoms with E-state index in [4.69, 9.17) is 10.5 Å². The molecule has 1 aliphatic carbocycles. The molecule has 1 unspecified atom stereocenters. The molecule has 0 aromatic carbocycles. The summed E-state index contributed by atoms with van der Waals surface area (Å²) in [5.74, 6) is -1.59. The number of alkyl halides is 3. The first-order valence-electron chi connectivity index (χ1n) is 7.08. The molecule has 1 atom stereocenters. The lowest BCUT2D eigenvalue weighted by Gasteiger charge is -2.38. The van der Waals surface area contributed by atoms with Crippen molar-refractivity contribution in [3.8, 4) is 0 Å². The largest absolute Gasteiger partial charge is 0.391 e. The first-order chi connectivity index (χ1) is 9.43. The summed E-state index contributed by atoms with van der Waals surface area (Å²) in [7, 11) is 0. The van der Waals surface area contributed by atoms with Crippen molar-refractivity contribution in [2.75, 3.05) is 26.3 Å². The minimum Gasteiger partial charge on any atom is -0.377 e. The lowest BCUT2D eigenvalue weighted by Crippen LogP contribution is -2.54. The van der Waals surface area contributed by atoms with Crippen LogP contribution in [0.15, 0.2) is 0 Å². The van der Waals surface area contributed by atoms with Crippen LogP contribution in [0.4, 0.5) is 13.2 Å². The van der Waals surface area contributed by atoms with Gasteiger partial charge < -0.3 is 15.4 Å². The van der Waals surface area contributed by atoms with Gasteiger partial charge >= 0.3 is 6.18 Å². The number of hydrogen-bond acceptors (Lipinski definition) is 3. The van der Waals surface area contributed by atoms with E-state index in [-0.39, 0.29) is 30.7 Å². The van der Waals surface area contributed by atoms with Gasteiger partial charge in [-0.25, -0.2) is 0 Å².